The number of hydrogen-bond donors (Lipinski definition) is 1. The third-order valence-corrected chi connectivity index (χ3v) is 2.82. The van der Waals surface area contributed by atoms with Crippen LogP contribution < -0.4 is 0 Å². The van der Waals surface area contributed by atoms with Gasteiger partial charge in [-0.25, -0.2) is 4.39 Å². The van der Waals surface area contributed by atoms with E-state index in [0.29, 0.717) is 16.5 Å². The Morgan fingerprint density at radius 1 is 1.50 bits per heavy atom. The van der Waals surface area contributed by atoms with Gasteiger partial charge in [0.1, 0.15) is 5.82 Å². The zero-order chi connectivity index (χ0) is 14.5. The maximum Gasteiger partial charge on any atom is 0.317 e. The Hall–Kier alpha value is -2.45. The van der Waals surface area contributed by atoms with Gasteiger partial charge in [0.05, 0.1) is 18.6 Å². The molecule has 2 rings (SSSR count). The van der Waals surface area contributed by atoms with Gasteiger partial charge < -0.3 is 5.11 Å². The molecule has 0 aliphatic carbocycles. The van der Waals surface area contributed by atoms with Crippen LogP contribution in [0.25, 0.3) is 10.9 Å². The summed E-state index contributed by atoms with van der Waals surface area (Å²) in [5, 5.41) is 9.54. The summed E-state index contributed by atoms with van der Waals surface area (Å²) in [6.07, 6.45) is 6.84. The number of halogens is 1. The zero-order valence-electron chi connectivity index (χ0n) is 10.7. The number of aromatic nitrogens is 1. The van der Waals surface area contributed by atoms with Crippen molar-refractivity contribution in [2.24, 2.45) is 0 Å². The van der Waals surface area contributed by atoms with E-state index in [0.717, 1.165) is 0 Å². The molecule has 1 heterocycles. The molecule has 0 spiro atoms. The number of nitrogens with zero attached hydrogens (tertiary/aromatic N) is 2. The quantitative estimate of drug-likeness (QED) is 0.845. The average molecular weight is 272 g/mol. The lowest BCUT2D eigenvalue weighted by atomic mass is 10.1. The van der Waals surface area contributed by atoms with Gasteiger partial charge in [-0.15, -0.1) is 6.42 Å². The first kappa shape index (κ1) is 14.0. The first-order chi connectivity index (χ1) is 9.60. The highest BCUT2D eigenvalue weighted by atomic mass is 19.1. The Morgan fingerprint density at radius 2 is 2.30 bits per heavy atom. The molecule has 0 saturated heterocycles. The summed E-state index contributed by atoms with van der Waals surface area (Å²) in [6, 6.07) is 6.24. The van der Waals surface area contributed by atoms with Crippen LogP contribution in [0.3, 0.4) is 0 Å². The van der Waals surface area contributed by atoms with Crippen LogP contribution in [0.5, 0.6) is 0 Å². The highest BCUT2D eigenvalue weighted by Crippen LogP contribution is 2.19. The number of fused-ring (bicyclic) bond motifs is 1. The van der Waals surface area contributed by atoms with Crippen molar-refractivity contribution in [2.75, 3.05) is 13.1 Å². The number of terminal acetylenes is 1. The third-order valence-electron chi connectivity index (χ3n) is 2.82. The number of hydrogen-bond acceptors (Lipinski definition) is 3. The number of carboxylic acids is 1. The number of carbonyl (C=O) groups is 1. The molecule has 5 heteroatoms. The normalized spacial score (nSPS) is 10.7. The maximum absolute atomic E-state index is 13.6. The number of pyridine rings is 1. The van der Waals surface area contributed by atoms with Crippen LogP contribution in [0.1, 0.15) is 5.56 Å². The minimum absolute atomic E-state index is 0.178. The van der Waals surface area contributed by atoms with Gasteiger partial charge >= 0.3 is 5.97 Å². The van der Waals surface area contributed by atoms with Crippen molar-refractivity contribution in [1.29, 1.82) is 0 Å². The summed E-state index contributed by atoms with van der Waals surface area (Å²) in [6.45, 7) is 0.216. The lowest BCUT2D eigenvalue weighted by molar-refractivity contribution is -0.138. The van der Waals surface area contributed by atoms with E-state index >= 15 is 0 Å². The summed E-state index contributed by atoms with van der Waals surface area (Å²) in [5.74, 6) is 1.05. The summed E-state index contributed by atoms with van der Waals surface area (Å²) < 4.78 is 13.6. The average Bonchev–Trinajstić information content (AvgIpc) is 2.38. The van der Waals surface area contributed by atoms with Gasteiger partial charge in [-0.3, -0.25) is 14.7 Å². The second-order valence-electron chi connectivity index (χ2n) is 4.38. The van der Waals surface area contributed by atoms with Crippen LogP contribution in [0, 0.1) is 18.2 Å². The Balaban J connectivity index is 2.36. The molecule has 0 amide bonds. The molecule has 4 nitrogen and oxygen atoms in total. The molecule has 0 atom stereocenters. The second-order valence-corrected chi connectivity index (χ2v) is 4.38. The second kappa shape index (κ2) is 6.13. The molecule has 20 heavy (non-hydrogen) atoms. The van der Waals surface area contributed by atoms with E-state index < -0.39 is 5.97 Å². The Kier molecular flexibility index (Phi) is 4.28. The monoisotopic (exact) mass is 272 g/mol. The van der Waals surface area contributed by atoms with Crippen molar-refractivity contribution in [1.82, 2.24) is 9.88 Å². The number of rotatable bonds is 5. The first-order valence-electron chi connectivity index (χ1n) is 6.01. The van der Waals surface area contributed by atoms with E-state index in [-0.39, 0.29) is 25.5 Å². The molecule has 0 saturated carbocycles. The fourth-order valence-corrected chi connectivity index (χ4v) is 2.08. The summed E-state index contributed by atoms with van der Waals surface area (Å²) in [7, 11) is 0. The van der Waals surface area contributed by atoms with Gasteiger partial charge in [0.15, 0.2) is 0 Å². The first-order valence-corrected chi connectivity index (χ1v) is 6.01. The molecule has 1 aromatic heterocycles. The van der Waals surface area contributed by atoms with Crippen molar-refractivity contribution < 1.29 is 14.3 Å². The molecule has 0 unspecified atom stereocenters. The van der Waals surface area contributed by atoms with E-state index in [2.05, 4.69) is 10.9 Å². The minimum Gasteiger partial charge on any atom is -0.480 e. The lowest BCUT2D eigenvalue weighted by Crippen LogP contribution is -2.29. The smallest absolute Gasteiger partial charge is 0.317 e. The molecule has 2 aromatic rings. The van der Waals surface area contributed by atoms with Crippen LogP contribution >= 0.6 is 0 Å². The van der Waals surface area contributed by atoms with Gasteiger partial charge in [0.2, 0.25) is 0 Å². The molecule has 0 aliphatic rings. The minimum atomic E-state index is -0.978. The van der Waals surface area contributed by atoms with Crippen molar-refractivity contribution in [3.8, 4) is 12.3 Å². The predicted octanol–water partition coefficient (Wildman–Crippen LogP) is 1.89. The van der Waals surface area contributed by atoms with Gasteiger partial charge in [-0.05, 0) is 23.8 Å². The van der Waals surface area contributed by atoms with E-state index in [1.807, 2.05) is 0 Å². The SMILES string of the molecule is C#CCN(CC(=O)O)Cc1cc(F)cc2cccnc12. The summed E-state index contributed by atoms with van der Waals surface area (Å²) in [5.41, 5.74) is 1.28. The van der Waals surface area contributed by atoms with E-state index in [1.165, 1.54) is 12.1 Å². The number of carboxylic acid groups (broad SMARTS) is 1. The van der Waals surface area contributed by atoms with Crippen molar-refractivity contribution in [2.45, 2.75) is 6.54 Å². The highest BCUT2D eigenvalue weighted by Gasteiger charge is 2.12. The van der Waals surface area contributed by atoms with Crippen molar-refractivity contribution in [3.05, 3.63) is 41.8 Å². The molecule has 0 fully saturated rings. The zero-order valence-corrected chi connectivity index (χ0v) is 10.7. The fourth-order valence-electron chi connectivity index (χ4n) is 2.08. The van der Waals surface area contributed by atoms with E-state index in [9.17, 15) is 9.18 Å². The molecular formula is C15H13FN2O2. The molecule has 0 bridgehead atoms. The molecule has 1 N–H and O–H groups in total. The Morgan fingerprint density at radius 3 is 3.00 bits per heavy atom. The summed E-state index contributed by atoms with van der Waals surface area (Å²) >= 11 is 0. The molecule has 102 valence electrons. The van der Waals surface area contributed by atoms with Gasteiger partial charge in [-0.1, -0.05) is 12.0 Å². The Bertz CT molecular complexity index is 679. The van der Waals surface area contributed by atoms with Crippen LogP contribution in [0.15, 0.2) is 30.5 Å². The third kappa shape index (κ3) is 3.31. The van der Waals surface area contributed by atoms with Gasteiger partial charge in [0.25, 0.3) is 0 Å². The lowest BCUT2D eigenvalue weighted by Gasteiger charge is -2.18. The molecule has 0 radical (unpaired) electrons. The van der Waals surface area contributed by atoms with Crippen LogP contribution in [-0.4, -0.2) is 34.0 Å². The largest absolute Gasteiger partial charge is 0.480 e. The Labute approximate surface area is 115 Å². The van der Waals surface area contributed by atoms with Gasteiger partial charge in [0, 0.05) is 18.1 Å². The molecule has 0 aliphatic heterocycles. The molecule has 1 aromatic carbocycles. The van der Waals surface area contributed by atoms with Crippen LogP contribution in [-0.2, 0) is 11.3 Å². The van der Waals surface area contributed by atoms with Crippen molar-refractivity contribution in [3.63, 3.8) is 0 Å². The maximum atomic E-state index is 13.6. The van der Waals surface area contributed by atoms with Crippen LogP contribution in [0.4, 0.5) is 4.39 Å². The topological polar surface area (TPSA) is 53.4 Å². The summed E-state index contributed by atoms with van der Waals surface area (Å²) in [4.78, 5) is 16.6. The van der Waals surface area contributed by atoms with Gasteiger partial charge in [-0.2, -0.15) is 0 Å². The predicted molar refractivity (Wildman–Crippen MR) is 73.4 cm³/mol. The highest BCUT2D eigenvalue weighted by molar-refractivity contribution is 5.81. The standard InChI is InChI=1S/C15H13FN2O2/c1-2-6-18(10-14(19)20)9-12-8-13(16)7-11-4-3-5-17-15(11)12/h1,3-5,7-8H,6,9-10H2,(H,19,20). The van der Waals surface area contributed by atoms with Crippen LogP contribution in [0.2, 0.25) is 0 Å². The van der Waals surface area contributed by atoms with E-state index in [4.69, 9.17) is 11.5 Å². The number of aliphatic carboxylic acids is 1. The molecular weight excluding hydrogens is 259 g/mol. The number of benzene rings is 1. The fraction of sp³-hybridized carbons (Fsp3) is 0.200. The van der Waals surface area contributed by atoms with Crippen molar-refractivity contribution >= 4 is 16.9 Å². The van der Waals surface area contributed by atoms with E-state index in [1.54, 1.807) is 23.2 Å².